The van der Waals surface area contributed by atoms with Crippen LogP contribution in [0.2, 0.25) is 10.2 Å². The normalized spacial score (nSPS) is 10.4. The van der Waals surface area contributed by atoms with Crippen LogP contribution in [0.4, 0.5) is 15.8 Å². The maximum Gasteiger partial charge on any atom is 0.272 e. The number of aromatic nitrogens is 1. The molecular weight excluding hydrogens is 280 g/mol. The van der Waals surface area contributed by atoms with Crippen molar-refractivity contribution in [3.8, 4) is 0 Å². The number of hydrogen-bond donors (Lipinski definition) is 3. The summed E-state index contributed by atoms with van der Waals surface area (Å²) in [6.07, 6.45) is 0. The van der Waals surface area contributed by atoms with Crippen molar-refractivity contribution in [1.82, 2.24) is 4.98 Å². The molecular formula is C11H8Cl2FN3O. The molecule has 2 rings (SSSR count). The Morgan fingerprint density at radius 1 is 1.33 bits per heavy atom. The highest BCUT2D eigenvalue weighted by atomic mass is 35.5. The molecule has 2 aromatic rings. The van der Waals surface area contributed by atoms with E-state index in [1.54, 1.807) is 0 Å². The van der Waals surface area contributed by atoms with Crippen molar-refractivity contribution in [3.05, 3.63) is 46.0 Å². The summed E-state index contributed by atoms with van der Waals surface area (Å²) in [4.78, 5) is 14.3. The molecule has 1 aromatic heterocycles. The van der Waals surface area contributed by atoms with E-state index in [1.807, 2.05) is 0 Å². The van der Waals surface area contributed by atoms with Crippen LogP contribution in [0.1, 0.15) is 10.5 Å². The quantitative estimate of drug-likeness (QED) is 0.742. The van der Waals surface area contributed by atoms with E-state index in [9.17, 15) is 9.18 Å². The van der Waals surface area contributed by atoms with Crippen molar-refractivity contribution in [3.63, 3.8) is 0 Å². The number of carbonyl (C=O) groups excluding carboxylic acids is 1. The summed E-state index contributed by atoms with van der Waals surface area (Å²) in [5.74, 6) is -1.14. The fourth-order valence-corrected chi connectivity index (χ4v) is 1.67. The number of amides is 1. The predicted molar refractivity (Wildman–Crippen MR) is 69.6 cm³/mol. The highest BCUT2D eigenvalue weighted by molar-refractivity contribution is 6.41. The van der Waals surface area contributed by atoms with Crippen molar-refractivity contribution in [2.75, 3.05) is 11.1 Å². The Balaban J connectivity index is 2.23. The Hall–Kier alpha value is -1.72. The molecule has 0 unspecified atom stereocenters. The third-order valence-corrected chi connectivity index (χ3v) is 2.90. The van der Waals surface area contributed by atoms with Gasteiger partial charge in [0.15, 0.2) is 0 Å². The number of carbonyl (C=O) groups is 1. The number of nitrogens with one attached hydrogen (secondary N) is 2. The molecule has 0 saturated heterocycles. The second kappa shape index (κ2) is 4.88. The third kappa shape index (κ3) is 2.57. The predicted octanol–water partition coefficient (Wildman–Crippen LogP) is 3.30. The SMILES string of the molecule is Nc1ccc(F)c(NC(=O)c2cc(Cl)c(Cl)[nH]2)c1. The van der Waals surface area contributed by atoms with Crippen LogP contribution in [0.5, 0.6) is 0 Å². The molecule has 0 aliphatic heterocycles. The molecule has 1 heterocycles. The maximum absolute atomic E-state index is 13.4. The third-order valence-electron chi connectivity index (χ3n) is 2.21. The van der Waals surface area contributed by atoms with Gasteiger partial charge in [-0.25, -0.2) is 4.39 Å². The van der Waals surface area contributed by atoms with Gasteiger partial charge in [0.2, 0.25) is 0 Å². The summed E-state index contributed by atoms with van der Waals surface area (Å²) in [5.41, 5.74) is 5.96. The second-order valence-electron chi connectivity index (χ2n) is 3.54. The van der Waals surface area contributed by atoms with Crippen LogP contribution in [0.25, 0.3) is 0 Å². The molecule has 0 aliphatic carbocycles. The average Bonchev–Trinajstić information content (AvgIpc) is 2.64. The minimum absolute atomic E-state index is 0.0122. The highest BCUT2D eigenvalue weighted by Gasteiger charge is 2.13. The summed E-state index contributed by atoms with van der Waals surface area (Å²) in [7, 11) is 0. The van der Waals surface area contributed by atoms with E-state index in [0.29, 0.717) is 5.69 Å². The Morgan fingerprint density at radius 3 is 2.67 bits per heavy atom. The molecule has 0 spiro atoms. The molecule has 0 saturated carbocycles. The summed E-state index contributed by atoms with van der Waals surface area (Å²) >= 11 is 11.4. The molecule has 4 nitrogen and oxygen atoms in total. The van der Waals surface area contributed by atoms with Crippen LogP contribution in [0.3, 0.4) is 0 Å². The highest BCUT2D eigenvalue weighted by Crippen LogP contribution is 2.23. The van der Waals surface area contributed by atoms with Gasteiger partial charge in [0, 0.05) is 5.69 Å². The lowest BCUT2D eigenvalue weighted by atomic mass is 10.2. The summed E-state index contributed by atoms with van der Waals surface area (Å²) < 4.78 is 13.4. The van der Waals surface area contributed by atoms with E-state index in [0.717, 1.165) is 0 Å². The number of halogens is 3. The van der Waals surface area contributed by atoms with Gasteiger partial charge in [-0.05, 0) is 24.3 Å². The van der Waals surface area contributed by atoms with Gasteiger partial charge >= 0.3 is 0 Å². The average molecular weight is 288 g/mol. The minimum atomic E-state index is -0.582. The Bertz CT molecular complexity index is 593. The Kier molecular flexibility index (Phi) is 3.45. The van der Waals surface area contributed by atoms with E-state index < -0.39 is 11.7 Å². The first-order valence-corrected chi connectivity index (χ1v) is 5.63. The topological polar surface area (TPSA) is 70.9 Å². The smallest absolute Gasteiger partial charge is 0.272 e. The standard InChI is InChI=1S/C11H8Cl2FN3O/c12-6-4-9(16-10(6)13)11(18)17-8-3-5(15)1-2-7(8)14/h1-4,16H,15H2,(H,17,18). The van der Waals surface area contributed by atoms with Crippen molar-refractivity contribution < 1.29 is 9.18 Å². The van der Waals surface area contributed by atoms with Crippen molar-refractivity contribution in [2.24, 2.45) is 0 Å². The van der Waals surface area contributed by atoms with Gasteiger partial charge in [0.05, 0.1) is 10.7 Å². The number of H-pyrrole nitrogens is 1. The molecule has 0 radical (unpaired) electrons. The zero-order valence-corrected chi connectivity index (χ0v) is 10.4. The number of anilines is 2. The lowest BCUT2D eigenvalue weighted by molar-refractivity contribution is 0.102. The van der Waals surface area contributed by atoms with E-state index in [1.165, 1.54) is 24.3 Å². The number of rotatable bonds is 2. The molecule has 7 heteroatoms. The molecule has 1 amide bonds. The van der Waals surface area contributed by atoms with Crippen molar-refractivity contribution >= 4 is 40.5 Å². The first-order chi connectivity index (χ1) is 8.47. The second-order valence-corrected chi connectivity index (χ2v) is 4.32. The molecule has 4 N–H and O–H groups in total. The van der Waals surface area contributed by atoms with Crippen LogP contribution in [0.15, 0.2) is 24.3 Å². The van der Waals surface area contributed by atoms with Crippen LogP contribution in [-0.2, 0) is 0 Å². The Morgan fingerprint density at radius 2 is 2.06 bits per heavy atom. The van der Waals surface area contributed by atoms with Crippen LogP contribution >= 0.6 is 23.2 Å². The van der Waals surface area contributed by atoms with Gasteiger partial charge < -0.3 is 16.0 Å². The van der Waals surface area contributed by atoms with Crippen molar-refractivity contribution in [1.29, 1.82) is 0 Å². The lowest BCUT2D eigenvalue weighted by Crippen LogP contribution is -2.13. The monoisotopic (exact) mass is 287 g/mol. The van der Waals surface area contributed by atoms with E-state index >= 15 is 0 Å². The number of aromatic amines is 1. The first-order valence-electron chi connectivity index (χ1n) is 4.88. The van der Waals surface area contributed by atoms with E-state index in [-0.39, 0.29) is 21.6 Å². The Labute approximate surface area is 112 Å². The molecule has 1 aromatic carbocycles. The van der Waals surface area contributed by atoms with Gasteiger partial charge in [-0.1, -0.05) is 23.2 Å². The van der Waals surface area contributed by atoms with Crippen molar-refractivity contribution in [2.45, 2.75) is 0 Å². The fourth-order valence-electron chi connectivity index (χ4n) is 1.35. The number of hydrogen-bond acceptors (Lipinski definition) is 2. The molecule has 0 fully saturated rings. The molecule has 18 heavy (non-hydrogen) atoms. The number of nitrogen functional groups attached to an aromatic ring is 1. The van der Waals surface area contributed by atoms with Gasteiger partial charge in [-0.15, -0.1) is 0 Å². The summed E-state index contributed by atoms with van der Waals surface area (Å²) in [6, 6.07) is 5.23. The summed E-state index contributed by atoms with van der Waals surface area (Å²) in [6.45, 7) is 0. The number of nitrogens with two attached hydrogens (primary N) is 1. The first kappa shape index (κ1) is 12.7. The zero-order chi connectivity index (χ0) is 13.3. The molecule has 0 atom stereocenters. The van der Waals surface area contributed by atoms with Gasteiger partial charge in [0.25, 0.3) is 5.91 Å². The van der Waals surface area contributed by atoms with Crippen LogP contribution in [-0.4, -0.2) is 10.9 Å². The van der Waals surface area contributed by atoms with E-state index in [2.05, 4.69) is 10.3 Å². The fraction of sp³-hybridized carbons (Fsp3) is 0. The molecule has 0 bridgehead atoms. The van der Waals surface area contributed by atoms with Crippen LogP contribution < -0.4 is 11.1 Å². The zero-order valence-electron chi connectivity index (χ0n) is 8.93. The summed E-state index contributed by atoms with van der Waals surface area (Å²) in [5, 5.41) is 2.73. The van der Waals surface area contributed by atoms with Gasteiger partial charge in [-0.3, -0.25) is 4.79 Å². The van der Waals surface area contributed by atoms with Gasteiger partial charge in [0.1, 0.15) is 16.7 Å². The maximum atomic E-state index is 13.4. The lowest BCUT2D eigenvalue weighted by Gasteiger charge is -2.05. The largest absolute Gasteiger partial charge is 0.399 e. The number of benzene rings is 1. The van der Waals surface area contributed by atoms with E-state index in [4.69, 9.17) is 28.9 Å². The molecule has 0 aliphatic rings. The minimum Gasteiger partial charge on any atom is -0.399 e. The molecule has 94 valence electrons. The van der Waals surface area contributed by atoms with Crippen LogP contribution in [0, 0.1) is 5.82 Å². The van der Waals surface area contributed by atoms with Gasteiger partial charge in [-0.2, -0.15) is 0 Å².